The number of carbonyl (C=O) groups is 2. The van der Waals surface area contributed by atoms with Crippen LogP contribution in [0, 0.1) is 6.92 Å². The van der Waals surface area contributed by atoms with E-state index in [-0.39, 0.29) is 11.9 Å². The molecule has 28 heavy (non-hydrogen) atoms. The predicted octanol–water partition coefficient (Wildman–Crippen LogP) is 4.94. The Labute approximate surface area is 165 Å². The Morgan fingerprint density at radius 3 is 2.46 bits per heavy atom. The topological polar surface area (TPSA) is 70.7 Å². The van der Waals surface area contributed by atoms with Gasteiger partial charge in [0.15, 0.2) is 0 Å². The van der Waals surface area contributed by atoms with E-state index in [4.69, 9.17) is 4.74 Å². The van der Waals surface area contributed by atoms with Crippen molar-refractivity contribution < 1.29 is 14.3 Å². The number of nitrogens with one attached hydrogen (secondary N) is 2. The van der Waals surface area contributed by atoms with Gasteiger partial charge in [0, 0.05) is 30.0 Å². The van der Waals surface area contributed by atoms with Gasteiger partial charge in [-0.15, -0.1) is 0 Å². The van der Waals surface area contributed by atoms with E-state index < -0.39 is 0 Å². The zero-order valence-corrected chi connectivity index (χ0v) is 16.5. The second-order valence-corrected chi connectivity index (χ2v) is 6.96. The number of anilines is 3. The van der Waals surface area contributed by atoms with Crippen LogP contribution >= 0.6 is 0 Å². The lowest BCUT2D eigenvalue weighted by Gasteiger charge is -2.19. The highest BCUT2D eigenvalue weighted by molar-refractivity contribution is 6.00. The van der Waals surface area contributed by atoms with Gasteiger partial charge >= 0.3 is 6.03 Å². The summed E-state index contributed by atoms with van der Waals surface area (Å²) in [5.41, 5.74) is 3.25. The molecule has 6 nitrogen and oxygen atoms in total. The second-order valence-electron chi connectivity index (χ2n) is 6.96. The molecule has 0 aliphatic carbocycles. The maximum absolute atomic E-state index is 12.3. The van der Waals surface area contributed by atoms with E-state index in [1.165, 1.54) is 0 Å². The molecule has 1 heterocycles. The molecule has 0 unspecified atom stereocenters. The largest absolute Gasteiger partial charge is 0.494 e. The van der Waals surface area contributed by atoms with Crippen LogP contribution in [-0.2, 0) is 4.79 Å². The molecule has 6 heteroatoms. The Hall–Kier alpha value is -3.02. The van der Waals surface area contributed by atoms with Crippen molar-refractivity contribution in [3.63, 3.8) is 0 Å². The number of carbonyl (C=O) groups excluding carboxylic acids is 2. The number of nitrogens with zero attached hydrogens (tertiary/aromatic N) is 1. The quantitative estimate of drug-likeness (QED) is 0.667. The maximum Gasteiger partial charge on any atom is 0.323 e. The van der Waals surface area contributed by atoms with Crippen LogP contribution in [0.5, 0.6) is 5.75 Å². The molecule has 1 aliphatic heterocycles. The molecule has 0 saturated carbocycles. The SMILES string of the molecule is CCCCOc1ccc(NC(=O)Nc2ccc(N3CCCC3=O)c(C)c2)cc1. The van der Waals surface area contributed by atoms with Crippen molar-refractivity contribution in [2.75, 3.05) is 28.7 Å². The Kier molecular flexibility index (Phi) is 6.53. The fourth-order valence-corrected chi connectivity index (χ4v) is 3.20. The summed E-state index contributed by atoms with van der Waals surface area (Å²) in [6.07, 6.45) is 3.61. The zero-order valence-electron chi connectivity index (χ0n) is 16.5. The number of benzene rings is 2. The van der Waals surface area contributed by atoms with Crippen LogP contribution in [0.4, 0.5) is 21.9 Å². The van der Waals surface area contributed by atoms with Gasteiger partial charge < -0.3 is 20.3 Å². The monoisotopic (exact) mass is 381 g/mol. The van der Waals surface area contributed by atoms with Crippen LogP contribution < -0.4 is 20.3 Å². The van der Waals surface area contributed by atoms with Gasteiger partial charge in [0.1, 0.15) is 5.75 Å². The molecule has 2 aromatic rings. The third-order valence-electron chi connectivity index (χ3n) is 4.70. The fourth-order valence-electron chi connectivity index (χ4n) is 3.20. The smallest absolute Gasteiger partial charge is 0.323 e. The van der Waals surface area contributed by atoms with E-state index in [9.17, 15) is 9.59 Å². The first-order valence-corrected chi connectivity index (χ1v) is 9.78. The lowest BCUT2D eigenvalue weighted by atomic mass is 10.1. The second kappa shape index (κ2) is 9.26. The number of urea groups is 1. The van der Waals surface area contributed by atoms with E-state index in [2.05, 4.69) is 17.6 Å². The number of hydrogen-bond donors (Lipinski definition) is 2. The first-order valence-electron chi connectivity index (χ1n) is 9.78. The van der Waals surface area contributed by atoms with E-state index in [0.717, 1.165) is 42.8 Å². The normalized spacial score (nSPS) is 13.5. The van der Waals surface area contributed by atoms with Gasteiger partial charge in [-0.3, -0.25) is 4.79 Å². The van der Waals surface area contributed by atoms with Crippen LogP contribution in [0.15, 0.2) is 42.5 Å². The molecule has 148 valence electrons. The van der Waals surface area contributed by atoms with E-state index in [0.29, 0.717) is 24.4 Å². The standard InChI is InChI=1S/C22H27N3O3/c1-3-4-14-28-19-10-7-17(8-11-19)23-22(27)24-18-9-12-20(16(2)15-18)25-13-5-6-21(25)26/h7-12,15H,3-6,13-14H2,1-2H3,(H2,23,24,27). The van der Waals surface area contributed by atoms with Crippen molar-refractivity contribution >= 4 is 29.0 Å². The summed E-state index contributed by atoms with van der Waals surface area (Å²) in [6, 6.07) is 12.6. The number of amides is 3. The highest BCUT2D eigenvalue weighted by Crippen LogP contribution is 2.27. The average molecular weight is 381 g/mol. The maximum atomic E-state index is 12.3. The van der Waals surface area contributed by atoms with Crippen LogP contribution in [0.2, 0.25) is 0 Å². The summed E-state index contributed by atoms with van der Waals surface area (Å²) >= 11 is 0. The van der Waals surface area contributed by atoms with Crippen molar-refractivity contribution in [2.24, 2.45) is 0 Å². The molecule has 1 aliphatic rings. The zero-order chi connectivity index (χ0) is 19.9. The Morgan fingerprint density at radius 2 is 1.82 bits per heavy atom. The van der Waals surface area contributed by atoms with E-state index in [1.54, 1.807) is 0 Å². The summed E-state index contributed by atoms with van der Waals surface area (Å²) in [5.74, 6) is 0.950. The number of aryl methyl sites for hydroxylation is 1. The van der Waals surface area contributed by atoms with Crippen molar-refractivity contribution in [2.45, 2.75) is 39.5 Å². The molecular formula is C22H27N3O3. The summed E-state index contributed by atoms with van der Waals surface area (Å²) in [6.45, 7) is 5.52. The van der Waals surface area contributed by atoms with Crippen LogP contribution in [0.3, 0.4) is 0 Å². The van der Waals surface area contributed by atoms with Gasteiger partial charge in [-0.2, -0.15) is 0 Å². The number of hydrogen-bond acceptors (Lipinski definition) is 3. The Balaban J connectivity index is 1.56. The molecule has 0 atom stereocenters. The molecule has 3 rings (SSSR count). The Bertz CT molecular complexity index is 833. The minimum absolute atomic E-state index is 0.156. The first kappa shape index (κ1) is 19.7. The fraction of sp³-hybridized carbons (Fsp3) is 0.364. The van der Waals surface area contributed by atoms with Crippen molar-refractivity contribution in [3.8, 4) is 5.75 Å². The molecule has 0 bridgehead atoms. The minimum Gasteiger partial charge on any atom is -0.494 e. The molecule has 0 radical (unpaired) electrons. The van der Waals surface area contributed by atoms with Crippen LogP contribution in [0.25, 0.3) is 0 Å². The molecule has 2 N–H and O–H groups in total. The van der Waals surface area contributed by atoms with Gasteiger partial charge in [-0.05, 0) is 67.8 Å². The van der Waals surface area contributed by atoms with Gasteiger partial charge in [-0.25, -0.2) is 4.79 Å². The number of unbranched alkanes of at least 4 members (excludes halogenated alkanes) is 1. The van der Waals surface area contributed by atoms with Crippen LogP contribution in [-0.4, -0.2) is 25.1 Å². The summed E-state index contributed by atoms with van der Waals surface area (Å²) in [4.78, 5) is 26.0. The molecule has 2 aromatic carbocycles. The van der Waals surface area contributed by atoms with Gasteiger partial charge in [0.05, 0.1) is 6.61 Å². The Morgan fingerprint density at radius 1 is 1.11 bits per heavy atom. The summed E-state index contributed by atoms with van der Waals surface area (Å²) < 4.78 is 5.62. The van der Waals surface area contributed by atoms with Crippen LogP contribution in [0.1, 0.15) is 38.2 Å². The van der Waals surface area contributed by atoms with Gasteiger partial charge in [0.25, 0.3) is 0 Å². The van der Waals surface area contributed by atoms with E-state index >= 15 is 0 Å². The molecular weight excluding hydrogens is 354 g/mol. The number of rotatable bonds is 7. The third kappa shape index (κ3) is 5.03. The molecule has 1 saturated heterocycles. The van der Waals surface area contributed by atoms with Crippen molar-refractivity contribution in [3.05, 3.63) is 48.0 Å². The first-order chi connectivity index (χ1) is 13.6. The molecule has 3 amide bonds. The van der Waals surface area contributed by atoms with Gasteiger partial charge in [-0.1, -0.05) is 13.3 Å². The minimum atomic E-state index is -0.316. The highest BCUT2D eigenvalue weighted by atomic mass is 16.5. The molecule has 0 aromatic heterocycles. The molecule has 1 fully saturated rings. The van der Waals surface area contributed by atoms with Crippen molar-refractivity contribution in [1.82, 2.24) is 0 Å². The predicted molar refractivity (Wildman–Crippen MR) is 112 cm³/mol. The lowest BCUT2D eigenvalue weighted by Crippen LogP contribution is -2.24. The lowest BCUT2D eigenvalue weighted by molar-refractivity contribution is -0.117. The summed E-state index contributed by atoms with van der Waals surface area (Å²) in [5, 5.41) is 5.64. The van der Waals surface area contributed by atoms with Crippen molar-refractivity contribution in [1.29, 1.82) is 0 Å². The van der Waals surface area contributed by atoms with E-state index in [1.807, 2.05) is 54.3 Å². The van der Waals surface area contributed by atoms with Gasteiger partial charge in [0.2, 0.25) is 5.91 Å². The third-order valence-corrected chi connectivity index (χ3v) is 4.70. The highest BCUT2D eigenvalue weighted by Gasteiger charge is 2.23. The average Bonchev–Trinajstić information content (AvgIpc) is 3.09. The summed E-state index contributed by atoms with van der Waals surface area (Å²) in [7, 11) is 0. The number of ether oxygens (including phenoxy) is 1. The molecule has 0 spiro atoms.